The lowest BCUT2D eigenvalue weighted by molar-refractivity contribution is -0.119. The zero-order chi connectivity index (χ0) is 15.5. The van der Waals surface area contributed by atoms with Crippen LogP contribution in [-0.4, -0.2) is 31.5 Å². The monoisotopic (exact) mass is 290 g/mol. The van der Waals surface area contributed by atoms with Crippen LogP contribution in [0.15, 0.2) is 30.3 Å². The van der Waals surface area contributed by atoms with Crippen LogP contribution in [0.1, 0.15) is 25.8 Å². The van der Waals surface area contributed by atoms with Gasteiger partial charge in [-0.25, -0.2) is 0 Å². The number of hydrogen-bond donors (Lipinski definition) is 2. The molecule has 0 unspecified atom stereocenters. The summed E-state index contributed by atoms with van der Waals surface area (Å²) in [7, 11) is 0. The summed E-state index contributed by atoms with van der Waals surface area (Å²) in [6.45, 7) is 5.04. The van der Waals surface area contributed by atoms with Gasteiger partial charge in [0.15, 0.2) is 0 Å². The highest BCUT2D eigenvalue weighted by Gasteiger charge is 1.96. The Labute approximate surface area is 125 Å². The van der Waals surface area contributed by atoms with Gasteiger partial charge in [-0.2, -0.15) is 0 Å². The van der Waals surface area contributed by atoms with Gasteiger partial charge in [0.1, 0.15) is 5.75 Å². The number of amides is 2. The molecule has 0 heterocycles. The quantitative estimate of drug-likeness (QED) is 0.566. The predicted molar refractivity (Wildman–Crippen MR) is 83.0 cm³/mol. The van der Waals surface area contributed by atoms with Crippen LogP contribution < -0.4 is 15.4 Å². The summed E-state index contributed by atoms with van der Waals surface area (Å²) >= 11 is 0. The van der Waals surface area contributed by atoms with Crippen molar-refractivity contribution in [3.63, 3.8) is 0 Å². The molecule has 5 nitrogen and oxygen atoms in total. The third-order valence-electron chi connectivity index (χ3n) is 2.58. The maximum Gasteiger partial charge on any atom is 0.244 e. The van der Waals surface area contributed by atoms with Crippen molar-refractivity contribution in [1.82, 2.24) is 10.6 Å². The van der Waals surface area contributed by atoms with Crippen molar-refractivity contribution in [3.8, 4) is 5.75 Å². The van der Waals surface area contributed by atoms with E-state index < -0.39 is 0 Å². The molecule has 5 heteroatoms. The molecule has 114 valence electrons. The van der Waals surface area contributed by atoms with Crippen molar-refractivity contribution in [2.45, 2.75) is 20.3 Å². The molecule has 21 heavy (non-hydrogen) atoms. The van der Waals surface area contributed by atoms with E-state index in [4.69, 9.17) is 4.74 Å². The zero-order valence-corrected chi connectivity index (χ0v) is 12.5. The van der Waals surface area contributed by atoms with Crippen LogP contribution in [0.25, 0.3) is 6.08 Å². The van der Waals surface area contributed by atoms with Crippen LogP contribution >= 0.6 is 0 Å². The lowest BCUT2D eigenvalue weighted by Crippen LogP contribution is -2.32. The Morgan fingerprint density at radius 1 is 1.14 bits per heavy atom. The fourth-order valence-electron chi connectivity index (χ4n) is 1.55. The fraction of sp³-hybridized carbons (Fsp3) is 0.375. The summed E-state index contributed by atoms with van der Waals surface area (Å²) < 4.78 is 5.48. The number of ether oxygens (including phenoxy) is 1. The largest absolute Gasteiger partial charge is 0.494 e. The Balaban J connectivity index is 2.34. The highest BCUT2D eigenvalue weighted by atomic mass is 16.5. The molecule has 1 rings (SSSR count). The van der Waals surface area contributed by atoms with Gasteiger partial charge in [0.05, 0.1) is 6.61 Å². The fourth-order valence-corrected chi connectivity index (χ4v) is 1.55. The molecule has 0 aliphatic rings. The summed E-state index contributed by atoms with van der Waals surface area (Å²) in [6, 6.07) is 7.55. The lowest BCUT2D eigenvalue weighted by atomic mass is 10.2. The normalized spacial score (nSPS) is 10.4. The standard InChI is InChI=1S/C16H22N2O3/c1-3-12-21-15-7-4-14(5-8-15)6-9-16(20)18-11-10-17-13(2)19/h4-9H,3,10-12H2,1-2H3,(H,17,19)(H,18,20)/b9-6+. The lowest BCUT2D eigenvalue weighted by Gasteiger charge is -2.04. The van der Waals surface area contributed by atoms with Gasteiger partial charge >= 0.3 is 0 Å². The van der Waals surface area contributed by atoms with Crippen molar-refractivity contribution >= 4 is 17.9 Å². The van der Waals surface area contributed by atoms with Crippen LogP contribution in [-0.2, 0) is 9.59 Å². The van der Waals surface area contributed by atoms with Gasteiger partial charge in [-0.05, 0) is 30.2 Å². The van der Waals surface area contributed by atoms with E-state index in [9.17, 15) is 9.59 Å². The van der Waals surface area contributed by atoms with E-state index in [0.29, 0.717) is 19.7 Å². The summed E-state index contributed by atoms with van der Waals surface area (Å²) in [6.07, 6.45) is 4.17. The van der Waals surface area contributed by atoms with Crippen LogP contribution in [0.4, 0.5) is 0 Å². The van der Waals surface area contributed by atoms with Gasteiger partial charge in [0.2, 0.25) is 11.8 Å². The van der Waals surface area contributed by atoms with Crippen molar-refractivity contribution in [2.75, 3.05) is 19.7 Å². The Hall–Kier alpha value is -2.30. The van der Waals surface area contributed by atoms with E-state index in [1.807, 2.05) is 24.3 Å². The molecule has 0 spiro atoms. The second-order valence-corrected chi connectivity index (χ2v) is 4.52. The van der Waals surface area contributed by atoms with Crippen molar-refractivity contribution in [3.05, 3.63) is 35.9 Å². The van der Waals surface area contributed by atoms with Gasteiger partial charge in [-0.3, -0.25) is 9.59 Å². The first kappa shape index (κ1) is 16.8. The molecule has 0 radical (unpaired) electrons. The molecule has 0 fully saturated rings. The van der Waals surface area contributed by atoms with E-state index in [-0.39, 0.29) is 11.8 Å². The molecular formula is C16H22N2O3. The summed E-state index contributed by atoms with van der Waals surface area (Å²) in [4.78, 5) is 22.2. The van der Waals surface area contributed by atoms with Crippen LogP contribution in [0, 0.1) is 0 Å². The van der Waals surface area contributed by atoms with Crippen molar-refractivity contribution in [1.29, 1.82) is 0 Å². The zero-order valence-electron chi connectivity index (χ0n) is 12.5. The maximum absolute atomic E-state index is 11.5. The molecule has 0 bridgehead atoms. The summed E-state index contributed by atoms with van der Waals surface area (Å²) in [5.74, 6) is 0.533. The molecule has 0 aliphatic carbocycles. The first-order valence-electron chi connectivity index (χ1n) is 7.05. The van der Waals surface area contributed by atoms with E-state index >= 15 is 0 Å². The Morgan fingerprint density at radius 2 is 1.81 bits per heavy atom. The van der Waals surface area contributed by atoms with Crippen LogP contribution in [0.3, 0.4) is 0 Å². The predicted octanol–water partition coefficient (Wildman–Crippen LogP) is 1.74. The van der Waals surface area contributed by atoms with Gasteiger partial charge in [-0.1, -0.05) is 19.1 Å². The number of benzene rings is 1. The van der Waals surface area contributed by atoms with Crippen molar-refractivity contribution in [2.24, 2.45) is 0 Å². The second kappa shape index (κ2) is 9.58. The van der Waals surface area contributed by atoms with E-state index in [1.165, 1.54) is 13.0 Å². The minimum absolute atomic E-state index is 0.106. The molecule has 0 saturated heterocycles. The Kier molecular flexibility index (Phi) is 7.64. The Morgan fingerprint density at radius 3 is 2.43 bits per heavy atom. The smallest absolute Gasteiger partial charge is 0.244 e. The SMILES string of the molecule is CCCOc1ccc(/C=C/C(=O)NCCNC(C)=O)cc1. The molecule has 0 aromatic heterocycles. The van der Waals surface area contributed by atoms with Gasteiger partial charge in [0, 0.05) is 26.1 Å². The minimum Gasteiger partial charge on any atom is -0.494 e. The molecule has 0 aliphatic heterocycles. The van der Waals surface area contributed by atoms with Crippen LogP contribution in [0.2, 0.25) is 0 Å². The van der Waals surface area contributed by atoms with Crippen molar-refractivity contribution < 1.29 is 14.3 Å². The number of hydrogen-bond acceptors (Lipinski definition) is 3. The van der Waals surface area contributed by atoms with E-state index in [1.54, 1.807) is 6.08 Å². The maximum atomic E-state index is 11.5. The molecule has 2 N–H and O–H groups in total. The molecule has 0 saturated carbocycles. The highest BCUT2D eigenvalue weighted by molar-refractivity contribution is 5.91. The summed E-state index contributed by atoms with van der Waals surface area (Å²) in [5.41, 5.74) is 0.927. The topological polar surface area (TPSA) is 67.4 Å². The average Bonchev–Trinajstić information content (AvgIpc) is 2.48. The van der Waals surface area contributed by atoms with E-state index in [2.05, 4.69) is 17.6 Å². The molecule has 1 aromatic rings. The number of carbonyl (C=O) groups is 2. The average molecular weight is 290 g/mol. The second-order valence-electron chi connectivity index (χ2n) is 4.52. The van der Waals surface area contributed by atoms with Gasteiger partial charge in [-0.15, -0.1) is 0 Å². The van der Waals surface area contributed by atoms with Gasteiger partial charge in [0.25, 0.3) is 0 Å². The number of nitrogens with one attached hydrogen (secondary N) is 2. The Bertz CT molecular complexity index is 481. The van der Waals surface area contributed by atoms with Gasteiger partial charge < -0.3 is 15.4 Å². The summed E-state index contributed by atoms with van der Waals surface area (Å²) in [5, 5.41) is 5.29. The third kappa shape index (κ3) is 7.77. The number of rotatable bonds is 8. The first-order chi connectivity index (χ1) is 10.1. The van der Waals surface area contributed by atoms with E-state index in [0.717, 1.165) is 17.7 Å². The molecular weight excluding hydrogens is 268 g/mol. The highest BCUT2D eigenvalue weighted by Crippen LogP contribution is 2.13. The first-order valence-corrected chi connectivity index (χ1v) is 7.05. The molecule has 0 atom stereocenters. The molecule has 2 amide bonds. The third-order valence-corrected chi connectivity index (χ3v) is 2.58. The minimum atomic E-state index is -0.188. The molecule has 1 aromatic carbocycles. The number of carbonyl (C=O) groups excluding carboxylic acids is 2. The van der Waals surface area contributed by atoms with Crippen LogP contribution in [0.5, 0.6) is 5.75 Å².